The Morgan fingerprint density at radius 2 is 1.83 bits per heavy atom. The second-order valence-corrected chi connectivity index (χ2v) is 7.44. The molecule has 1 aliphatic heterocycles. The van der Waals surface area contributed by atoms with Gasteiger partial charge < -0.3 is 20.3 Å². The Labute approximate surface area is 168 Å². The number of amides is 2. The maximum Gasteiger partial charge on any atom is 0.272 e. The monoisotopic (exact) mass is 421 g/mol. The van der Waals surface area contributed by atoms with Crippen LogP contribution in [0.5, 0.6) is 5.75 Å². The molecule has 158 valence electrons. The Balaban J connectivity index is 1.67. The van der Waals surface area contributed by atoms with Crippen LogP contribution in [-0.4, -0.2) is 27.5 Å². The van der Waals surface area contributed by atoms with E-state index in [9.17, 15) is 32.7 Å². The van der Waals surface area contributed by atoms with Crippen LogP contribution in [0.25, 0.3) is 0 Å². The molecule has 1 aromatic carbocycles. The molecule has 2 heterocycles. The van der Waals surface area contributed by atoms with Gasteiger partial charge in [0.1, 0.15) is 23.0 Å². The minimum absolute atomic E-state index is 0.182. The highest BCUT2D eigenvalue weighted by atomic mass is 19.1. The number of aromatic hydroxyl groups is 1. The Morgan fingerprint density at radius 1 is 1.17 bits per heavy atom. The predicted octanol–water partition coefficient (Wildman–Crippen LogP) is 2.13. The largest absolute Gasteiger partial charge is 0.503 e. The van der Waals surface area contributed by atoms with Gasteiger partial charge in [-0.3, -0.25) is 14.4 Å². The summed E-state index contributed by atoms with van der Waals surface area (Å²) >= 11 is 0. The summed E-state index contributed by atoms with van der Waals surface area (Å²) in [5.41, 5.74) is -2.31. The van der Waals surface area contributed by atoms with Gasteiger partial charge in [-0.05, 0) is 12.8 Å². The molecule has 2 atom stereocenters. The summed E-state index contributed by atoms with van der Waals surface area (Å²) in [6.45, 7) is -0.634. The van der Waals surface area contributed by atoms with E-state index in [-0.39, 0.29) is 17.8 Å². The lowest BCUT2D eigenvalue weighted by Gasteiger charge is -2.39. The van der Waals surface area contributed by atoms with Gasteiger partial charge in [0.25, 0.3) is 11.8 Å². The van der Waals surface area contributed by atoms with Gasteiger partial charge in [-0.25, -0.2) is 13.2 Å². The average molecular weight is 421 g/mol. The van der Waals surface area contributed by atoms with Crippen LogP contribution >= 0.6 is 0 Å². The van der Waals surface area contributed by atoms with Crippen LogP contribution in [0.4, 0.5) is 13.2 Å². The molecular formula is C20H18F3N3O4. The van der Waals surface area contributed by atoms with E-state index in [1.807, 2.05) is 0 Å². The Hall–Kier alpha value is -3.30. The van der Waals surface area contributed by atoms with Crippen molar-refractivity contribution >= 4 is 11.8 Å². The number of fused-ring (bicyclic) bond motifs is 3. The molecule has 4 rings (SSSR count). The average Bonchev–Trinajstić information content (AvgIpc) is 2.69. The molecule has 1 aromatic heterocycles. The Kier molecular flexibility index (Phi) is 5.00. The SMILES string of the molecule is O=C(NCc1c(F)cc(F)cc1F)c1cn2c(c(O)c1=O)C(=O)N[C@H]1CCCCC12. The van der Waals surface area contributed by atoms with Gasteiger partial charge in [-0.1, -0.05) is 12.8 Å². The normalized spacial score (nSPS) is 20.2. The lowest BCUT2D eigenvalue weighted by Crippen LogP contribution is -2.50. The van der Waals surface area contributed by atoms with Crippen molar-refractivity contribution in [2.24, 2.45) is 0 Å². The molecule has 2 aromatic rings. The minimum Gasteiger partial charge on any atom is -0.503 e. The zero-order valence-electron chi connectivity index (χ0n) is 15.7. The van der Waals surface area contributed by atoms with E-state index in [0.717, 1.165) is 19.3 Å². The number of carbonyl (C=O) groups excluding carboxylic acids is 2. The van der Waals surface area contributed by atoms with E-state index in [4.69, 9.17) is 0 Å². The second-order valence-electron chi connectivity index (χ2n) is 7.44. The van der Waals surface area contributed by atoms with Crippen molar-refractivity contribution in [1.29, 1.82) is 0 Å². The first kappa shape index (κ1) is 20.0. The van der Waals surface area contributed by atoms with Crippen LogP contribution in [0.15, 0.2) is 23.1 Å². The summed E-state index contributed by atoms with van der Waals surface area (Å²) in [5.74, 6) is -5.90. The zero-order chi connectivity index (χ0) is 21.6. The van der Waals surface area contributed by atoms with Crippen LogP contribution < -0.4 is 16.1 Å². The number of halogens is 3. The molecule has 1 aliphatic carbocycles. The molecule has 1 fully saturated rings. The first-order valence-electron chi connectivity index (χ1n) is 9.48. The van der Waals surface area contributed by atoms with E-state index in [0.29, 0.717) is 18.6 Å². The quantitative estimate of drug-likeness (QED) is 0.707. The third-order valence-electron chi connectivity index (χ3n) is 5.60. The fourth-order valence-electron chi connectivity index (χ4n) is 4.12. The molecule has 30 heavy (non-hydrogen) atoms. The smallest absolute Gasteiger partial charge is 0.272 e. The molecule has 0 saturated heterocycles. The number of nitrogens with zero attached hydrogens (tertiary/aromatic N) is 1. The molecular weight excluding hydrogens is 403 g/mol. The number of nitrogens with one attached hydrogen (secondary N) is 2. The molecule has 10 heteroatoms. The predicted molar refractivity (Wildman–Crippen MR) is 98.6 cm³/mol. The summed E-state index contributed by atoms with van der Waals surface area (Å²) in [4.78, 5) is 37.4. The van der Waals surface area contributed by atoms with Crippen LogP contribution in [-0.2, 0) is 6.54 Å². The van der Waals surface area contributed by atoms with E-state index in [1.54, 1.807) is 0 Å². The molecule has 0 spiro atoms. The van der Waals surface area contributed by atoms with E-state index in [1.165, 1.54) is 10.8 Å². The minimum atomic E-state index is -1.18. The van der Waals surface area contributed by atoms with Gasteiger partial charge in [-0.2, -0.15) is 0 Å². The zero-order valence-corrected chi connectivity index (χ0v) is 15.7. The highest BCUT2D eigenvalue weighted by Crippen LogP contribution is 2.34. The summed E-state index contributed by atoms with van der Waals surface area (Å²) < 4.78 is 42.0. The fraction of sp³-hybridized carbons (Fsp3) is 0.350. The van der Waals surface area contributed by atoms with Gasteiger partial charge >= 0.3 is 0 Å². The van der Waals surface area contributed by atoms with Crippen molar-refractivity contribution in [2.45, 2.75) is 44.3 Å². The third-order valence-corrected chi connectivity index (χ3v) is 5.60. The Bertz CT molecular complexity index is 1090. The summed E-state index contributed by atoms with van der Waals surface area (Å²) in [6.07, 6.45) is 4.42. The maximum absolute atomic E-state index is 13.8. The topological polar surface area (TPSA) is 100 Å². The van der Waals surface area contributed by atoms with Crippen LogP contribution in [0.2, 0.25) is 0 Å². The molecule has 1 unspecified atom stereocenters. The van der Waals surface area contributed by atoms with Crippen molar-refractivity contribution in [3.8, 4) is 5.75 Å². The molecule has 1 saturated carbocycles. The van der Waals surface area contributed by atoms with E-state index in [2.05, 4.69) is 10.6 Å². The van der Waals surface area contributed by atoms with Gasteiger partial charge in [0.05, 0.1) is 6.04 Å². The van der Waals surface area contributed by atoms with Crippen molar-refractivity contribution in [1.82, 2.24) is 15.2 Å². The van der Waals surface area contributed by atoms with Crippen molar-refractivity contribution in [3.63, 3.8) is 0 Å². The number of rotatable bonds is 3. The molecule has 0 bridgehead atoms. The molecule has 2 amide bonds. The van der Waals surface area contributed by atoms with Crippen LogP contribution in [0.3, 0.4) is 0 Å². The van der Waals surface area contributed by atoms with Gasteiger partial charge in [0, 0.05) is 36.5 Å². The molecule has 3 N–H and O–H groups in total. The molecule has 7 nitrogen and oxygen atoms in total. The first-order valence-corrected chi connectivity index (χ1v) is 9.48. The maximum atomic E-state index is 13.8. The number of carbonyl (C=O) groups is 2. The molecule has 2 aliphatic rings. The van der Waals surface area contributed by atoms with Crippen LogP contribution in [0, 0.1) is 17.5 Å². The van der Waals surface area contributed by atoms with E-state index < -0.39 is 58.1 Å². The Morgan fingerprint density at radius 3 is 2.53 bits per heavy atom. The summed E-state index contributed by atoms with van der Waals surface area (Å²) in [5, 5.41) is 15.3. The number of benzene rings is 1. The summed E-state index contributed by atoms with van der Waals surface area (Å²) in [6, 6.07) is 0.549. The van der Waals surface area contributed by atoms with Crippen molar-refractivity contribution in [2.75, 3.05) is 0 Å². The number of hydrogen-bond donors (Lipinski definition) is 3. The summed E-state index contributed by atoms with van der Waals surface area (Å²) in [7, 11) is 0. The third kappa shape index (κ3) is 3.31. The van der Waals surface area contributed by atoms with Crippen LogP contribution in [0.1, 0.15) is 58.1 Å². The van der Waals surface area contributed by atoms with Crippen molar-refractivity contribution in [3.05, 3.63) is 62.8 Å². The van der Waals surface area contributed by atoms with Gasteiger partial charge in [0.2, 0.25) is 5.43 Å². The lowest BCUT2D eigenvalue weighted by molar-refractivity contribution is 0.0838. The van der Waals surface area contributed by atoms with Gasteiger partial charge in [-0.15, -0.1) is 0 Å². The number of hydrogen-bond acceptors (Lipinski definition) is 4. The molecule has 0 radical (unpaired) electrons. The number of pyridine rings is 1. The second kappa shape index (κ2) is 7.51. The van der Waals surface area contributed by atoms with Crippen molar-refractivity contribution < 1.29 is 27.9 Å². The highest BCUT2D eigenvalue weighted by molar-refractivity contribution is 5.99. The fourth-order valence-corrected chi connectivity index (χ4v) is 4.12. The highest BCUT2D eigenvalue weighted by Gasteiger charge is 2.37. The standard InChI is InChI=1S/C20H18F3N3O4/c21-9-5-12(22)10(13(23)6-9)7-24-19(29)11-8-26-15-4-2-1-3-14(15)25-20(30)16(26)18(28)17(11)27/h5-6,8,14-15,28H,1-4,7H2,(H,24,29)(H,25,30)/t14-,15?/m0/s1. The van der Waals surface area contributed by atoms with E-state index >= 15 is 0 Å². The number of aromatic nitrogens is 1. The van der Waals surface area contributed by atoms with Gasteiger partial charge in [0.15, 0.2) is 11.4 Å². The lowest BCUT2D eigenvalue weighted by atomic mass is 9.87. The first-order chi connectivity index (χ1) is 14.3.